The summed E-state index contributed by atoms with van der Waals surface area (Å²) < 4.78 is 10.2. The number of rotatable bonds is 6. The zero-order chi connectivity index (χ0) is 19.2. The third-order valence-corrected chi connectivity index (χ3v) is 4.35. The summed E-state index contributed by atoms with van der Waals surface area (Å²) in [4.78, 5) is 27.9. The highest BCUT2D eigenvalue weighted by atomic mass is 32.1. The van der Waals surface area contributed by atoms with E-state index in [9.17, 15) is 9.59 Å². The number of hydrogen-bond donors (Lipinski definition) is 1. The first-order chi connectivity index (χ1) is 13.0. The SMILES string of the molecule is Cc1ccc(-c2csc(NC(=O)COC(=O)/C=C/c3ccc(C)o3)n2)cc1. The van der Waals surface area contributed by atoms with Gasteiger partial charge in [0.2, 0.25) is 0 Å². The summed E-state index contributed by atoms with van der Waals surface area (Å²) in [5.41, 5.74) is 2.92. The molecule has 1 N–H and O–H groups in total. The summed E-state index contributed by atoms with van der Waals surface area (Å²) in [6.07, 6.45) is 2.70. The van der Waals surface area contributed by atoms with Crippen LogP contribution in [0.5, 0.6) is 0 Å². The van der Waals surface area contributed by atoms with Crippen LogP contribution in [0.1, 0.15) is 17.1 Å². The second-order valence-corrected chi connectivity index (χ2v) is 6.70. The molecule has 2 aromatic heterocycles. The molecule has 0 saturated carbocycles. The van der Waals surface area contributed by atoms with Crippen LogP contribution < -0.4 is 5.32 Å². The lowest BCUT2D eigenvalue weighted by Crippen LogP contribution is -2.20. The number of carbonyl (C=O) groups is 2. The van der Waals surface area contributed by atoms with Crippen LogP contribution in [0.3, 0.4) is 0 Å². The number of nitrogens with one attached hydrogen (secondary N) is 1. The summed E-state index contributed by atoms with van der Waals surface area (Å²) in [5.74, 6) is 0.213. The molecule has 0 atom stereocenters. The Labute approximate surface area is 160 Å². The molecule has 0 aliphatic carbocycles. The van der Waals surface area contributed by atoms with Gasteiger partial charge in [0.25, 0.3) is 5.91 Å². The van der Waals surface area contributed by atoms with Gasteiger partial charge in [-0.1, -0.05) is 29.8 Å². The number of hydrogen-bond acceptors (Lipinski definition) is 6. The van der Waals surface area contributed by atoms with Gasteiger partial charge in [0.1, 0.15) is 11.5 Å². The zero-order valence-electron chi connectivity index (χ0n) is 14.9. The van der Waals surface area contributed by atoms with Crippen molar-refractivity contribution in [1.82, 2.24) is 4.98 Å². The molecule has 3 rings (SSSR count). The van der Waals surface area contributed by atoms with Crippen LogP contribution in [0.4, 0.5) is 5.13 Å². The lowest BCUT2D eigenvalue weighted by Gasteiger charge is -2.02. The third-order valence-electron chi connectivity index (χ3n) is 3.59. The molecule has 3 aromatic rings. The smallest absolute Gasteiger partial charge is 0.331 e. The molecule has 7 heteroatoms. The Morgan fingerprint density at radius 3 is 2.67 bits per heavy atom. The number of aromatic nitrogens is 1. The standard InChI is InChI=1S/C20H18N2O4S/c1-13-3-6-15(7-4-13)17-12-27-20(21-17)22-18(23)11-25-19(24)10-9-16-8-5-14(2)26-16/h3-10,12H,11H2,1-2H3,(H,21,22,23)/b10-9+. The van der Waals surface area contributed by atoms with Crippen LogP contribution in [0.2, 0.25) is 0 Å². The molecule has 138 valence electrons. The van der Waals surface area contributed by atoms with Crippen LogP contribution in [0.25, 0.3) is 17.3 Å². The number of amides is 1. The molecule has 0 aliphatic rings. The van der Waals surface area contributed by atoms with Crippen LogP contribution in [-0.4, -0.2) is 23.5 Å². The predicted octanol–water partition coefficient (Wildman–Crippen LogP) is 4.22. The van der Waals surface area contributed by atoms with Crippen molar-refractivity contribution in [2.45, 2.75) is 13.8 Å². The summed E-state index contributed by atoms with van der Waals surface area (Å²) in [7, 11) is 0. The highest BCUT2D eigenvalue weighted by molar-refractivity contribution is 7.14. The van der Waals surface area contributed by atoms with Gasteiger partial charge < -0.3 is 9.15 Å². The van der Waals surface area contributed by atoms with Crippen LogP contribution in [0, 0.1) is 13.8 Å². The maximum Gasteiger partial charge on any atom is 0.331 e. The first kappa shape index (κ1) is 18.6. The van der Waals surface area contributed by atoms with Crippen molar-refractivity contribution in [2.75, 3.05) is 11.9 Å². The fourth-order valence-electron chi connectivity index (χ4n) is 2.22. The number of esters is 1. The lowest BCUT2D eigenvalue weighted by atomic mass is 10.1. The molecule has 0 radical (unpaired) electrons. The van der Waals surface area contributed by atoms with E-state index < -0.39 is 11.9 Å². The van der Waals surface area contributed by atoms with Crippen molar-refractivity contribution in [3.63, 3.8) is 0 Å². The maximum atomic E-state index is 11.9. The van der Waals surface area contributed by atoms with Gasteiger partial charge in [0, 0.05) is 17.0 Å². The largest absolute Gasteiger partial charge is 0.462 e. The normalized spacial score (nSPS) is 10.9. The molecule has 0 fully saturated rings. The highest BCUT2D eigenvalue weighted by Gasteiger charge is 2.10. The average Bonchev–Trinajstić information content (AvgIpc) is 3.28. The molecule has 27 heavy (non-hydrogen) atoms. The van der Waals surface area contributed by atoms with E-state index in [1.165, 1.54) is 29.1 Å². The summed E-state index contributed by atoms with van der Waals surface area (Å²) in [5, 5.41) is 4.94. The van der Waals surface area contributed by atoms with Crippen LogP contribution >= 0.6 is 11.3 Å². The number of ether oxygens (including phenoxy) is 1. The van der Waals surface area contributed by atoms with Crippen molar-refractivity contribution >= 4 is 34.4 Å². The minimum Gasteiger partial charge on any atom is -0.462 e. The molecule has 0 saturated heterocycles. The minimum atomic E-state index is -0.626. The maximum absolute atomic E-state index is 11.9. The number of carbonyl (C=O) groups excluding carboxylic acids is 2. The Bertz CT molecular complexity index is 970. The van der Waals surface area contributed by atoms with E-state index in [0.717, 1.165) is 17.0 Å². The molecular weight excluding hydrogens is 364 g/mol. The van der Waals surface area contributed by atoms with E-state index in [1.807, 2.05) is 43.5 Å². The van der Waals surface area contributed by atoms with Crippen molar-refractivity contribution in [1.29, 1.82) is 0 Å². The molecule has 0 bridgehead atoms. The quantitative estimate of drug-likeness (QED) is 0.510. The van der Waals surface area contributed by atoms with Gasteiger partial charge in [-0.3, -0.25) is 10.1 Å². The third kappa shape index (κ3) is 5.39. The molecule has 1 aromatic carbocycles. The second-order valence-electron chi connectivity index (χ2n) is 5.84. The van der Waals surface area contributed by atoms with Crippen molar-refractivity contribution in [3.8, 4) is 11.3 Å². The Balaban J connectivity index is 1.48. The predicted molar refractivity (Wildman–Crippen MR) is 104 cm³/mol. The Morgan fingerprint density at radius 1 is 1.19 bits per heavy atom. The Kier molecular flexibility index (Phi) is 5.83. The molecule has 6 nitrogen and oxygen atoms in total. The topological polar surface area (TPSA) is 81.4 Å². The van der Waals surface area contributed by atoms with Crippen molar-refractivity contribution in [3.05, 3.63) is 64.9 Å². The van der Waals surface area contributed by atoms with Gasteiger partial charge in [-0.2, -0.15) is 0 Å². The zero-order valence-corrected chi connectivity index (χ0v) is 15.7. The number of anilines is 1. The molecular formula is C20H18N2O4S. The van der Waals surface area contributed by atoms with Crippen LogP contribution in [-0.2, 0) is 14.3 Å². The number of thiazole rings is 1. The summed E-state index contributed by atoms with van der Waals surface area (Å²) >= 11 is 1.31. The van der Waals surface area contributed by atoms with E-state index in [0.29, 0.717) is 10.9 Å². The Hall–Kier alpha value is -3.19. The number of benzene rings is 1. The molecule has 0 unspecified atom stereocenters. The monoisotopic (exact) mass is 382 g/mol. The number of aryl methyl sites for hydroxylation is 2. The van der Waals surface area contributed by atoms with E-state index in [1.54, 1.807) is 12.1 Å². The van der Waals surface area contributed by atoms with Crippen molar-refractivity contribution in [2.24, 2.45) is 0 Å². The van der Waals surface area contributed by atoms with Crippen LogP contribution in [0.15, 0.2) is 52.3 Å². The number of furan rings is 1. The van der Waals surface area contributed by atoms with E-state index in [2.05, 4.69) is 10.3 Å². The molecule has 0 aliphatic heterocycles. The highest BCUT2D eigenvalue weighted by Crippen LogP contribution is 2.25. The average molecular weight is 382 g/mol. The lowest BCUT2D eigenvalue weighted by molar-refractivity contribution is -0.142. The van der Waals surface area contributed by atoms with Gasteiger partial charge in [0.15, 0.2) is 11.7 Å². The summed E-state index contributed by atoms with van der Waals surface area (Å²) in [6, 6.07) is 11.5. The van der Waals surface area contributed by atoms with Gasteiger partial charge >= 0.3 is 5.97 Å². The first-order valence-electron chi connectivity index (χ1n) is 8.23. The fraction of sp³-hybridized carbons (Fsp3) is 0.150. The van der Waals surface area contributed by atoms with Gasteiger partial charge in [-0.05, 0) is 32.1 Å². The van der Waals surface area contributed by atoms with Gasteiger partial charge in [0.05, 0.1) is 5.69 Å². The van der Waals surface area contributed by atoms with Gasteiger partial charge in [-0.25, -0.2) is 9.78 Å². The van der Waals surface area contributed by atoms with Gasteiger partial charge in [-0.15, -0.1) is 11.3 Å². The number of nitrogens with zero attached hydrogens (tertiary/aromatic N) is 1. The molecule has 2 heterocycles. The minimum absolute atomic E-state index is 0.389. The summed E-state index contributed by atoms with van der Waals surface area (Å²) in [6.45, 7) is 3.44. The second kappa shape index (κ2) is 8.46. The van der Waals surface area contributed by atoms with E-state index in [4.69, 9.17) is 9.15 Å². The fourth-order valence-corrected chi connectivity index (χ4v) is 2.96. The van der Waals surface area contributed by atoms with Crippen molar-refractivity contribution < 1.29 is 18.7 Å². The van der Waals surface area contributed by atoms with E-state index >= 15 is 0 Å². The Morgan fingerprint density at radius 2 is 1.96 bits per heavy atom. The van der Waals surface area contributed by atoms with E-state index in [-0.39, 0.29) is 6.61 Å². The first-order valence-corrected chi connectivity index (χ1v) is 9.11. The molecule has 1 amide bonds. The molecule has 0 spiro atoms.